The Morgan fingerprint density at radius 1 is 1.09 bits per heavy atom. The van der Waals surface area contributed by atoms with Crippen LogP contribution in [0.15, 0.2) is 30.6 Å². The number of benzene rings is 1. The van der Waals surface area contributed by atoms with Crippen molar-refractivity contribution < 1.29 is 4.79 Å². The van der Waals surface area contributed by atoms with Gasteiger partial charge in [-0.2, -0.15) is 5.10 Å². The minimum atomic E-state index is -0.0898. The van der Waals surface area contributed by atoms with E-state index in [-0.39, 0.29) is 11.9 Å². The molecule has 1 atom stereocenters. The fraction of sp³-hybridized carbons (Fsp3) is 0.500. The number of rotatable bonds is 7. The molecule has 0 aliphatic heterocycles. The molecule has 1 fully saturated rings. The van der Waals surface area contributed by atoms with E-state index in [0.29, 0.717) is 11.6 Å². The third kappa shape index (κ3) is 4.64. The zero-order valence-corrected chi connectivity index (χ0v) is 19.7. The molecule has 170 valence electrons. The summed E-state index contributed by atoms with van der Waals surface area (Å²) in [5, 5.41) is 12.4. The fourth-order valence-corrected chi connectivity index (χ4v) is 4.91. The van der Waals surface area contributed by atoms with Crippen LogP contribution < -0.4 is 10.6 Å². The van der Waals surface area contributed by atoms with Crippen molar-refractivity contribution in [1.29, 1.82) is 0 Å². The molecular formula is C26H35N5O. The van der Waals surface area contributed by atoms with Crippen LogP contribution in [-0.2, 0) is 6.54 Å². The number of aromatic nitrogens is 3. The first-order chi connectivity index (χ1) is 15.5. The van der Waals surface area contributed by atoms with E-state index < -0.39 is 0 Å². The highest BCUT2D eigenvalue weighted by molar-refractivity contribution is 6.06. The smallest absolute Gasteiger partial charge is 0.255 e. The monoisotopic (exact) mass is 433 g/mol. The largest absolute Gasteiger partial charge is 0.381 e. The van der Waals surface area contributed by atoms with Crippen LogP contribution in [0.25, 0.3) is 11.0 Å². The van der Waals surface area contributed by atoms with Crippen LogP contribution in [-0.4, -0.2) is 26.7 Å². The number of hydrogen-bond donors (Lipinski definition) is 2. The van der Waals surface area contributed by atoms with Crippen LogP contribution in [0.5, 0.6) is 0 Å². The molecule has 1 amide bonds. The molecule has 1 unspecified atom stereocenters. The Morgan fingerprint density at radius 2 is 1.81 bits per heavy atom. The molecule has 6 nitrogen and oxygen atoms in total. The van der Waals surface area contributed by atoms with Crippen LogP contribution in [0.3, 0.4) is 0 Å². The van der Waals surface area contributed by atoms with Gasteiger partial charge in [-0.05, 0) is 45.6 Å². The van der Waals surface area contributed by atoms with Crippen molar-refractivity contribution in [2.75, 3.05) is 5.32 Å². The van der Waals surface area contributed by atoms with Gasteiger partial charge >= 0.3 is 0 Å². The zero-order valence-electron chi connectivity index (χ0n) is 19.7. The molecule has 6 heteroatoms. The molecule has 2 heterocycles. The SMILES string of the molecule is CCC(NC(=O)c1cnc2c(cnn2CC)c1NC1CCCCC1)c1cc(C)cc(C)c1. The first kappa shape index (κ1) is 22.3. The summed E-state index contributed by atoms with van der Waals surface area (Å²) in [4.78, 5) is 18.1. The minimum absolute atomic E-state index is 0.0438. The lowest BCUT2D eigenvalue weighted by Gasteiger charge is -2.26. The Morgan fingerprint density at radius 3 is 2.47 bits per heavy atom. The van der Waals surface area contributed by atoms with Gasteiger partial charge in [-0.1, -0.05) is 55.5 Å². The van der Waals surface area contributed by atoms with E-state index in [1.807, 2.05) is 10.9 Å². The van der Waals surface area contributed by atoms with E-state index in [0.717, 1.165) is 48.1 Å². The van der Waals surface area contributed by atoms with Gasteiger partial charge in [0.1, 0.15) is 0 Å². The van der Waals surface area contributed by atoms with Gasteiger partial charge in [-0.3, -0.25) is 4.79 Å². The molecule has 4 rings (SSSR count). The Bertz CT molecular complexity index is 1080. The molecule has 0 spiro atoms. The molecule has 1 saturated carbocycles. The Kier molecular flexibility index (Phi) is 6.77. The summed E-state index contributed by atoms with van der Waals surface area (Å²) in [7, 11) is 0. The molecule has 3 aromatic rings. The van der Waals surface area contributed by atoms with Crippen molar-refractivity contribution >= 4 is 22.6 Å². The van der Waals surface area contributed by atoms with Gasteiger partial charge in [0, 0.05) is 18.8 Å². The van der Waals surface area contributed by atoms with Gasteiger partial charge < -0.3 is 10.6 Å². The minimum Gasteiger partial charge on any atom is -0.381 e. The van der Waals surface area contributed by atoms with E-state index in [9.17, 15) is 4.79 Å². The highest BCUT2D eigenvalue weighted by Gasteiger charge is 2.23. The second-order valence-electron chi connectivity index (χ2n) is 9.08. The summed E-state index contributed by atoms with van der Waals surface area (Å²) >= 11 is 0. The number of aryl methyl sites for hydroxylation is 3. The van der Waals surface area contributed by atoms with Crippen LogP contribution in [0.4, 0.5) is 5.69 Å². The molecule has 2 N–H and O–H groups in total. The maximum Gasteiger partial charge on any atom is 0.255 e. The molecule has 1 aromatic carbocycles. The highest BCUT2D eigenvalue weighted by atomic mass is 16.1. The van der Waals surface area contributed by atoms with Crippen LogP contribution in [0, 0.1) is 13.8 Å². The molecule has 2 aromatic heterocycles. The van der Waals surface area contributed by atoms with Gasteiger partial charge in [-0.15, -0.1) is 0 Å². The number of nitrogens with one attached hydrogen (secondary N) is 2. The van der Waals surface area contributed by atoms with Crippen LogP contribution >= 0.6 is 0 Å². The summed E-state index contributed by atoms with van der Waals surface area (Å²) in [5.74, 6) is -0.0898. The van der Waals surface area contributed by atoms with E-state index >= 15 is 0 Å². The molecule has 32 heavy (non-hydrogen) atoms. The van der Waals surface area contributed by atoms with Gasteiger partial charge in [0.15, 0.2) is 5.65 Å². The maximum absolute atomic E-state index is 13.5. The highest BCUT2D eigenvalue weighted by Crippen LogP contribution is 2.30. The second-order valence-corrected chi connectivity index (χ2v) is 9.08. The zero-order chi connectivity index (χ0) is 22.7. The summed E-state index contributed by atoms with van der Waals surface area (Å²) in [5.41, 5.74) is 5.86. The van der Waals surface area contributed by atoms with Crippen molar-refractivity contribution in [3.8, 4) is 0 Å². The number of carbonyl (C=O) groups excluding carboxylic acids is 1. The first-order valence-corrected chi connectivity index (χ1v) is 12.0. The average molecular weight is 434 g/mol. The Hall–Kier alpha value is -2.89. The Balaban J connectivity index is 1.68. The lowest BCUT2D eigenvalue weighted by molar-refractivity contribution is 0.0936. The van der Waals surface area contributed by atoms with Gasteiger partial charge in [0.05, 0.1) is 28.9 Å². The summed E-state index contributed by atoms with van der Waals surface area (Å²) in [6.07, 6.45) is 10.4. The third-order valence-corrected chi connectivity index (χ3v) is 6.52. The molecule has 0 radical (unpaired) electrons. The van der Waals surface area contributed by atoms with Crippen LogP contribution in [0.2, 0.25) is 0 Å². The number of anilines is 1. The van der Waals surface area contributed by atoms with Gasteiger partial charge in [0.2, 0.25) is 0 Å². The topological polar surface area (TPSA) is 71.8 Å². The molecule has 1 aliphatic rings. The number of carbonyl (C=O) groups is 1. The normalized spacial score (nSPS) is 15.6. The van der Waals surface area contributed by atoms with Crippen molar-refractivity contribution in [2.24, 2.45) is 0 Å². The number of fused-ring (bicyclic) bond motifs is 1. The average Bonchev–Trinajstić information content (AvgIpc) is 3.21. The predicted octanol–water partition coefficient (Wildman–Crippen LogP) is 5.69. The van der Waals surface area contributed by atoms with Crippen molar-refractivity contribution in [3.05, 3.63) is 52.8 Å². The Labute approximate surface area is 190 Å². The number of amides is 1. The first-order valence-electron chi connectivity index (χ1n) is 12.0. The van der Waals surface area contributed by atoms with Gasteiger partial charge in [0.25, 0.3) is 5.91 Å². The summed E-state index contributed by atoms with van der Waals surface area (Å²) < 4.78 is 1.88. The standard InChI is InChI=1S/C26H35N5O/c1-5-23(19-13-17(3)12-18(4)14-19)30-26(32)22-15-27-25-21(16-28-31(25)6-2)24(22)29-20-10-8-7-9-11-20/h12-16,20,23H,5-11H2,1-4H3,(H,27,29)(H,30,32). The number of nitrogens with zero attached hydrogens (tertiary/aromatic N) is 3. The van der Waals surface area contributed by atoms with E-state index in [1.165, 1.54) is 30.4 Å². The van der Waals surface area contributed by atoms with Crippen molar-refractivity contribution in [1.82, 2.24) is 20.1 Å². The quantitative estimate of drug-likeness (QED) is 0.502. The van der Waals surface area contributed by atoms with Crippen molar-refractivity contribution in [2.45, 2.75) is 84.8 Å². The van der Waals surface area contributed by atoms with Gasteiger partial charge in [-0.25, -0.2) is 9.67 Å². The number of pyridine rings is 1. The lowest BCUT2D eigenvalue weighted by Crippen LogP contribution is -2.30. The van der Waals surface area contributed by atoms with E-state index in [4.69, 9.17) is 0 Å². The fourth-order valence-electron chi connectivity index (χ4n) is 4.91. The van der Waals surface area contributed by atoms with E-state index in [1.54, 1.807) is 6.20 Å². The van der Waals surface area contributed by atoms with Crippen molar-refractivity contribution in [3.63, 3.8) is 0 Å². The lowest BCUT2D eigenvalue weighted by atomic mass is 9.95. The molecular weight excluding hydrogens is 398 g/mol. The third-order valence-electron chi connectivity index (χ3n) is 6.52. The van der Waals surface area contributed by atoms with E-state index in [2.05, 4.69) is 66.6 Å². The predicted molar refractivity (Wildman–Crippen MR) is 130 cm³/mol. The second kappa shape index (κ2) is 9.72. The maximum atomic E-state index is 13.5. The molecule has 1 aliphatic carbocycles. The van der Waals surface area contributed by atoms with Crippen LogP contribution in [0.1, 0.15) is 85.5 Å². The molecule has 0 saturated heterocycles. The summed E-state index contributed by atoms with van der Waals surface area (Å²) in [6, 6.07) is 6.82. The summed E-state index contributed by atoms with van der Waals surface area (Å²) in [6.45, 7) is 9.10. The number of hydrogen-bond acceptors (Lipinski definition) is 4. The molecule has 0 bridgehead atoms.